The Morgan fingerprint density at radius 3 is 2.64 bits per heavy atom. The Kier molecular flexibility index (Phi) is 6.35. The van der Waals surface area contributed by atoms with E-state index in [2.05, 4.69) is 28.5 Å². The summed E-state index contributed by atoms with van der Waals surface area (Å²) < 4.78 is 15.7. The summed E-state index contributed by atoms with van der Waals surface area (Å²) in [5, 5.41) is 14.7. The zero-order valence-electron chi connectivity index (χ0n) is 20.3. The molecule has 1 atom stereocenters. The summed E-state index contributed by atoms with van der Waals surface area (Å²) >= 11 is 0. The number of likely N-dealkylation sites (N-methyl/N-ethyl adjacent to an activating group) is 1. The monoisotopic (exact) mass is 485 g/mol. The number of rotatable bonds is 7. The highest BCUT2D eigenvalue weighted by molar-refractivity contribution is 6.13. The number of aromatic nitrogens is 1. The fourth-order valence-corrected chi connectivity index (χ4v) is 4.52. The number of fused-ring (bicyclic) bond motifs is 2. The predicted octanol–water partition coefficient (Wildman–Crippen LogP) is 5.03. The van der Waals surface area contributed by atoms with Crippen LogP contribution in [0.3, 0.4) is 0 Å². The van der Waals surface area contributed by atoms with E-state index >= 15 is 0 Å². The molecular formula is C28H27N3O5. The lowest BCUT2D eigenvalue weighted by Crippen LogP contribution is -2.18. The average molecular weight is 486 g/mol. The fourth-order valence-electron chi connectivity index (χ4n) is 4.52. The molecule has 0 spiro atoms. The maximum Gasteiger partial charge on any atom is 0.337 e. The van der Waals surface area contributed by atoms with Crippen molar-refractivity contribution >= 4 is 28.3 Å². The van der Waals surface area contributed by atoms with Gasteiger partial charge in [0.1, 0.15) is 0 Å². The van der Waals surface area contributed by atoms with Crippen LogP contribution in [0.5, 0.6) is 17.4 Å². The summed E-state index contributed by atoms with van der Waals surface area (Å²) in [6, 6.07) is 19.3. The van der Waals surface area contributed by atoms with Gasteiger partial charge >= 0.3 is 5.97 Å². The van der Waals surface area contributed by atoms with Gasteiger partial charge in [-0.2, -0.15) is 0 Å². The van der Waals surface area contributed by atoms with Crippen LogP contribution in [-0.2, 0) is 11.2 Å². The van der Waals surface area contributed by atoms with Crippen LogP contribution in [0.2, 0.25) is 0 Å². The molecule has 4 aromatic rings. The summed E-state index contributed by atoms with van der Waals surface area (Å²) in [5.41, 5.74) is 5.36. The van der Waals surface area contributed by atoms with Gasteiger partial charge in [0.2, 0.25) is 6.79 Å². The Labute approximate surface area is 208 Å². The molecule has 1 aliphatic rings. The van der Waals surface area contributed by atoms with E-state index < -0.39 is 5.97 Å². The van der Waals surface area contributed by atoms with Crippen LogP contribution >= 0.6 is 0 Å². The molecule has 0 aliphatic carbocycles. The molecule has 5 rings (SSSR count). The van der Waals surface area contributed by atoms with Crippen molar-refractivity contribution < 1.29 is 24.1 Å². The first-order valence-electron chi connectivity index (χ1n) is 11.6. The molecule has 1 unspecified atom stereocenters. The van der Waals surface area contributed by atoms with E-state index in [4.69, 9.17) is 19.2 Å². The largest absolute Gasteiger partial charge is 0.494 e. The lowest BCUT2D eigenvalue weighted by molar-refractivity contribution is 0.0601. The Bertz CT molecular complexity index is 1460. The number of benzene rings is 3. The number of carbonyl (C=O) groups excluding carboxylic acids is 1. The van der Waals surface area contributed by atoms with Crippen LogP contribution < -0.4 is 14.8 Å². The van der Waals surface area contributed by atoms with Gasteiger partial charge in [0.25, 0.3) is 0 Å². The van der Waals surface area contributed by atoms with Crippen LogP contribution in [0.15, 0.2) is 65.7 Å². The SMILES string of the molecule is CNC(Cc1ccc2c(c1)OCO2)c1ccc(N=C(C)c2c(O)[nH]c3cc(C(=O)OC)ccc23)cc1. The number of aliphatic imine (C=N–C) groups is 1. The number of H-pyrrole nitrogens is 1. The number of nitrogens with one attached hydrogen (secondary N) is 2. The summed E-state index contributed by atoms with van der Waals surface area (Å²) in [4.78, 5) is 19.5. The van der Waals surface area contributed by atoms with Crippen molar-refractivity contribution in [1.82, 2.24) is 10.3 Å². The van der Waals surface area contributed by atoms with Gasteiger partial charge in [-0.1, -0.05) is 24.3 Å². The highest BCUT2D eigenvalue weighted by atomic mass is 16.7. The standard InChI is InChI=1S/C28H27N3O5/c1-16(26-21-10-7-19(28(33)34-3)14-23(21)31-27(26)32)30-20-8-5-18(6-9-20)22(29-2)12-17-4-11-24-25(13-17)36-15-35-24/h4-11,13-14,22,29,31-32H,12,15H2,1-3H3. The van der Waals surface area contributed by atoms with Crippen molar-refractivity contribution in [2.75, 3.05) is 21.0 Å². The number of ether oxygens (including phenoxy) is 3. The molecule has 3 N–H and O–H groups in total. The maximum atomic E-state index is 11.8. The molecule has 1 aliphatic heterocycles. The molecule has 8 nitrogen and oxygen atoms in total. The van der Waals surface area contributed by atoms with E-state index in [-0.39, 0.29) is 18.7 Å². The third kappa shape index (κ3) is 4.50. The first kappa shape index (κ1) is 23.4. The third-order valence-electron chi connectivity index (χ3n) is 6.38. The Morgan fingerprint density at radius 1 is 1.11 bits per heavy atom. The summed E-state index contributed by atoms with van der Waals surface area (Å²) in [5.74, 6) is 1.13. The lowest BCUT2D eigenvalue weighted by atomic mass is 9.98. The average Bonchev–Trinajstić information content (AvgIpc) is 3.49. The van der Waals surface area contributed by atoms with Gasteiger partial charge in [0.05, 0.1) is 29.6 Å². The molecule has 0 saturated heterocycles. The van der Waals surface area contributed by atoms with E-state index in [1.165, 1.54) is 7.11 Å². The highest BCUT2D eigenvalue weighted by Crippen LogP contribution is 2.34. The number of hydrogen-bond acceptors (Lipinski definition) is 7. The number of hydrogen-bond donors (Lipinski definition) is 3. The van der Waals surface area contributed by atoms with Crippen LogP contribution in [0.25, 0.3) is 10.9 Å². The topological polar surface area (TPSA) is 105 Å². The second-order valence-corrected chi connectivity index (χ2v) is 8.62. The molecule has 2 heterocycles. The van der Waals surface area contributed by atoms with E-state index in [0.717, 1.165) is 40.1 Å². The van der Waals surface area contributed by atoms with Gasteiger partial charge in [-0.25, -0.2) is 4.79 Å². The number of aromatic amines is 1. The number of nitrogens with zero attached hydrogens (tertiary/aromatic N) is 1. The maximum absolute atomic E-state index is 11.8. The van der Waals surface area contributed by atoms with E-state index in [1.807, 2.05) is 38.2 Å². The summed E-state index contributed by atoms with van der Waals surface area (Å²) in [6.45, 7) is 2.11. The summed E-state index contributed by atoms with van der Waals surface area (Å²) in [6.07, 6.45) is 0.797. The van der Waals surface area contributed by atoms with Gasteiger partial charge in [-0.3, -0.25) is 4.99 Å². The molecular weight excluding hydrogens is 458 g/mol. The number of methoxy groups -OCH3 is 1. The van der Waals surface area contributed by atoms with Crippen LogP contribution in [0.1, 0.15) is 40.0 Å². The predicted molar refractivity (Wildman–Crippen MR) is 138 cm³/mol. The molecule has 0 saturated carbocycles. The van der Waals surface area contributed by atoms with Gasteiger partial charge in [0, 0.05) is 16.9 Å². The lowest BCUT2D eigenvalue weighted by Gasteiger charge is -2.17. The van der Waals surface area contributed by atoms with Crippen molar-refractivity contribution in [1.29, 1.82) is 0 Å². The molecule has 36 heavy (non-hydrogen) atoms. The first-order chi connectivity index (χ1) is 17.5. The zero-order valence-corrected chi connectivity index (χ0v) is 20.3. The van der Waals surface area contributed by atoms with Crippen molar-refractivity contribution in [3.8, 4) is 17.4 Å². The minimum Gasteiger partial charge on any atom is -0.494 e. The molecule has 3 aromatic carbocycles. The van der Waals surface area contributed by atoms with Crippen molar-refractivity contribution in [3.63, 3.8) is 0 Å². The van der Waals surface area contributed by atoms with E-state index in [0.29, 0.717) is 22.4 Å². The smallest absolute Gasteiger partial charge is 0.337 e. The summed E-state index contributed by atoms with van der Waals surface area (Å²) in [7, 11) is 3.28. The van der Waals surface area contributed by atoms with Crippen molar-refractivity contribution in [2.45, 2.75) is 19.4 Å². The van der Waals surface area contributed by atoms with E-state index in [9.17, 15) is 9.90 Å². The second kappa shape index (κ2) is 9.75. The minimum atomic E-state index is -0.434. The number of carbonyl (C=O) groups is 1. The molecule has 1 aromatic heterocycles. The molecule has 0 bridgehead atoms. The van der Waals surface area contributed by atoms with E-state index in [1.54, 1.807) is 18.2 Å². The minimum absolute atomic E-state index is 0.00357. The third-order valence-corrected chi connectivity index (χ3v) is 6.38. The quantitative estimate of drug-likeness (QED) is 0.250. The molecule has 0 fully saturated rings. The Balaban J connectivity index is 1.36. The first-order valence-corrected chi connectivity index (χ1v) is 11.6. The van der Waals surface area contributed by atoms with Crippen molar-refractivity contribution in [3.05, 3.63) is 82.9 Å². The zero-order chi connectivity index (χ0) is 25.2. The molecule has 0 amide bonds. The highest BCUT2D eigenvalue weighted by Gasteiger charge is 2.18. The Hall–Kier alpha value is -4.30. The van der Waals surface area contributed by atoms with Crippen molar-refractivity contribution in [2.24, 2.45) is 4.99 Å². The van der Waals surface area contributed by atoms with Crippen LogP contribution in [-0.4, -0.2) is 42.7 Å². The van der Waals surface area contributed by atoms with Gasteiger partial charge in [-0.05, 0) is 67.9 Å². The molecule has 184 valence electrons. The number of esters is 1. The van der Waals surface area contributed by atoms with Gasteiger partial charge in [0.15, 0.2) is 17.4 Å². The van der Waals surface area contributed by atoms with Gasteiger partial charge < -0.3 is 29.6 Å². The number of aromatic hydroxyl groups is 1. The van der Waals surface area contributed by atoms with Gasteiger partial charge in [-0.15, -0.1) is 0 Å². The second-order valence-electron chi connectivity index (χ2n) is 8.62. The van der Waals surface area contributed by atoms with Crippen LogP contribution in [0.4, 0.5) is 5.69 Å². The fraction of sp³-hybridized carbons (Fsp3) is 0.214. The molecule has 0 radical (unpaired) electrons. The molecule has 8 heteroatoms. The van der Waals surface area contributed by atoms with Crippen LogP contribution in [0, 0.1) is 0 Å². The Morgan fingerprint density at radius 2 is 1.89 bits per heavy atom. The normalized spacial score (nSPS) is 13.7.